The van der Waals surface area contributed by atoms with E-state index in [1.807, 2.05) is 32.0 Å². The Morgan fingerprint density at radius 3 is 2.36 bits per heavy atom. The van der Waals surface area contributed by atoms with E-state index in [1.165, 1.54) is 11.9 Å². The number of nitrogens with zero attached hydrogens (tertiary/aromatic N) is 3. The fourth-order valence-electron chi connectivity index (χ4n) is 2.96. The van der Waals surface area contributed by atoms with E-state index in [9.17, 15) is 9.59 Å². The Bertz CT molecular complexity index is 1070. The van der Waals surface area contributed by atoms with Crippen molar-refractivity contribution in [3.05, 3.63) is 70.0 Å². The molecule has 0 aliphatic carbocycles. The highest BCUT2D eigenvalue weighted by Gasteiger charge is 2.18. The lowest BCUT2D eigenvalue weighted by atomic mass is 10.1. The van der Waals surface area contributed by atoms with Crippen LogP contribution < -0.4 is 5.32 Å². The van der Waals surface area contributed by atoms with Crippen molar-refractivity contribution in [3.63, 3.8) is 0 Å². The van der Waals surface area contributed by atoms with Gasteiger partial charge in [-0.05, 0) is 63.1 Å². The molecular weight excluding hydrogens is 356 g/mol. The van der Waals surface area contributed by atoms with Crippen molar-refractivity contribution in [2.75, 3.05) is 12.4 Å². The topological polar surface area (TPSA) is 86.1 Å². The van der Waals surface area contributed by atoms with Crippen molar-refractivity contribution in [2.24, 2.45) is 0 Å². The van der Waals surface area contributed by atoms with E-state index in [4.69, 9.17) is 4.74 Å². The summed E-state index contributed by atoms with van der Waals surface area (Å²) in [6, 6.07) is 10.9. The van der Waals surface area contributed by atoms with E-state index in [2.05, 4.69) is 15.5 Å². The number of benzene rings is 2. The van der Waals surface area contributed by atoms with Crippen LogP contribution in [0.15, 0.2) is 36.4 Å². The summed E-state index contributed by atoms with van der Waals surface area (Å²) in [5.74, 6) is -0.782. The monoisotopic (exact) mass is 378 g/mol. The average molecular weight is 378 g/mol. The molecule has 3 aromatic rings. The fourth-order valence-corrected chi connectivity index (χ4v) is 2.96. The predicted octanol–water partition coefficient (Wildman–Crippen LogP) is 3.54. The van der Waals surface area contributed by atoms with Gasteiger partial charge in [0.1, 0.15) is 0 Å². The summed E-state index contributed by atoms with van der Waals surface area (Å²) >= 11 is 0. The second kappa shape index (κ2) is 7.64. The Balaban J connectivity index is 1.86. The number of aromatic nitrogens is 3. The summed E-state index contributed by atoms with van der Waals surface area (Å²) in [5, 5.41) is 11.6. The van der Waals surface area contributed by atoms with Gasteiger partial charge in [-0.25, -0.2) is 4.79 Å². The van der Waals surface area contributed by atoms with Crippen LogP contribution in [0.2, 0.25) is 0 Å². The highest BCUT2D eigenvalue weighted by molar-refractivity contribution is 6.04. The van der Waals surface area contributed by atoms with Crippen molar-refractivity contribution >= 4 is 17.6 Å². The van der Waals surface area contributed by atoms with Gasteiger partial charge in [-0.3, -0.25) is 4.79 Å². The second-order valence-electron chi connectivity index (χ2n) is 6.69. The standard InChI is InChI=1S/C21H22N4O3/c1-12-6-9-18(14(3)10-12)25-23-15(4)19(24-25)20(26)22-17-8-7-16(11-13(17)2)21(27)28-5/h6-11H,1-5H3,(H,22,26). The minimum Gasteiger partial charge on any atom is -0.465 e. The molecule has 0 radical (unpaired) electrons. The largest absolute Gasteiger partial charge is 0.465 e. The maximum Gasteiger partial charge on any atom is 0.337 e. The lowest BCUT2D eigenvalue weighted by Gasteiger charge is -2.09. The van der Waals surface area contributed by atoms with Crippen molar-refractivity contribution in [1.82, 2.24) is 15.0 Å². The van der Waals surface area contributed by atoms with E-state index in [0.29, 0.717) is 16.9 Å². The molecule has 0 fully saturated rings. The summed E-state index contributed by atoms with van der Waals surface area (Å²) in [6.07, 6.45) is 0. The molecule has 7 nitrogen and oxygen atoms in total. The van der Waals surface area contributed by atoms with Gasteiger partial charge >= 0.3 is 5.97 Å². The molecule has 28 heavy (non-hydrogen) atoms. The molecular formula is C21H22N4O3. The number of methoxy groups -OCH3 is 1. The van der Waals surface area contributed by atoms with Gasteiger partial charge in [0.05, 0.1) is 24.1 Å². The maximum absolute atomic E-state index is 12.7. The van der Waals surface area contributed by atoms with Crippen LogP contribution in [-0.4, -0.2) is 34.0 Å². The van der Waals surface area contributed by atoms with Gasteiger partial charge in [0, 0.05) is 5.69 Å². The first-order chi connectivity index (χ1) is 13.3. The fraction of sp³-hybridized carbons (Fsp3) is 0.238. The Morgan fingerprint density at radius 2 is 1.71 bits per heavy atom. The highest BCUT2D eigenvalue weighted by Crippen LogP contribution is 2.19. The van der Waals surface area contributed by atoms with Gasteiger partial charge in [-0.2, -0.15) is 9.90 Å². The second-order valence-corrected chi connectivity index (χ2v) is 6.69. The Kier molecular flexibility index (Phi) is 5.26. The zero-order valence-electron chi connectivity index (χ0n) is 16.5. The summed E-state index contributed by atoms with van der Waals surface area (Å²) in [7, 11) is 1.33. The number of carbonyl (C=O) groups is 2. The molecule has 0 unspecified atom stereocenters. The van der Waals surface area contributed by atoms with Crippen molar-refractivity contribution in [2.45, 2.75) is 27.7 Å². The minimum absolute atomic E-state index is 0.247. The van der Waals surface area contributed by atoms with Gasteiger partial charge in [0.15, 0.2) is 5.69 Å². The number of rotatable bonds is 4. The van der Waals surface area contributed by atoms with Crippen LogP contribution >= 0.6 is 0 Å². The minimum atomic E-state index is -0.423. The molecule has 0 saturated carbocycles. The number of esters is 1. The number of carbonyl (C=O) groups excluding carboxylic acids is 2. The number of aryl methyl sites for hydroxylation is 4. The van der Waals surface area contributed by atoms with Gasteiger partial charge in [-0.15, -0.1) is 5.10 Å². The van der Waals surface area contributed by atoms with Crippen LogP contribution in [0, 0.1) is 27.7 Å². The van der Waals surface area contributed by atoms with Crippen LogP contribution in [0.4, 0.5) is 5.69 Å². The normalized spacial score (nSPS) is 10.6. The molecule has 0 saturated heterocycles. The zero-order chi connectivity index (χ0) is 20.4. The van der Waals surface area contributed by atoms with E-state index >= 15 is 0 Å². The van der Waals surface area contributed by atoms with E-state index in [-0.39, 0.29) is 11.6 Å². The Hall–Kier alpha value is -3.48. The molecule has 0 aliphatic rings. The third-order valence-corrected chi connectivity index (χ3v) is 4.46. The average Bonchev–Trinajstić information content (AvgIpc) is 3.04. The molecule has 7 heteroatoms. The SMILES string of the molecule is COC(=O)c1ccc(NC(=O)c2nn(-c3ccc(C)cc3C)nc2C)c(C)c1. The first-order valence-electron chi connectivity index (χ1n) is 8.82. The zero-order valence-corrected chi connectivity index (χ0v) is 16.5. The molecule has 0 aliphatic heterocycles. The van der Waals surface area contributed by atoms with E-state index < -0.39 is 5.97 Å². The molecule has 0 spiro atoms. The van der Waals surface area contributed by atoms with E-state index in [0.717, 1.165) is 22.4 Å². The van der Waals surface area contributed by atoms with Crippen molar-refractivity contribution in [1.29, 1.82) is 0 Å². The molecule has 0 bridgehead atoms. The molecule has 144 valence electrons. The van der Waals surface area contributed by atoms with Gasteiger partial charge in [0.25, 0.3) is 5.91 Å². The number of hydrogen-bond acceptors (Lipinski definition) is 5. The number of hydrogen-bond donors (Lipinski definition) is 1. The van der Waals surface area contributed by atoms with Gasteiger partial charge in [-0.1, -0.05) is 17.7 Å². The molecule has 0 atom stereocenters. The first-order valence-corrected chi connectivity index (χ1v) is 8.82. The quantitative estimate of drug-likeness (QED) is 0.702. The first kappa shape index (κ1) is 19.3. The molecule has 1 amide bonds. The van der Waals surface area contributed by atoms with E-state index in [1.54, 1.807) is 32.0 Å². The molecule has 1 aromatic heterocycles. The maximum atomic E-state index is 12.7. The Labute approximate surface area is 163 Å². The molecule has 1 heterocycles. The van der Waals surface area contributed by atoms with Crippen molar-refractivity contribution < 1.29 is 14.3 Å². The van der Waals surface area contributed by atoms with Crippen LogP contribution in [-0.2, 0) is 4.74 Å². The lowest BCUT2D eigenvalue weighted by molar-refractivity contribution is 0.0600. The van der Waals surface area contributed by atoms with Crippen LogP contribution in [0.25, 0.3) is 5.69 Å². The number of amides is 1. The lowest BCUT2D eigenvalue weighted by Crippen LogP contribution is -2.15. The van der Waals surface area contributed by atoms with Crippen LogP contribution in [0.1, 0.15) is 43.2 Å². The number of anilines is 1. The predicted molar refractivity (Wildman–Crippen MR) is 106 cm³/mol. The van der Waals surface area contributed by atoms with Crippen molar-refractivity contribution in [3.8, 4) is 5.69 Å². The summed E-state index contributed by atoms with van der Waals surface area (Å²) < 4.78 is 4.71. The van der Waals surface area contributed by atoms with Crippen LogP contribution in [0.5, 0.6) is 0 Å². The third-order valence-electron chi connectivity index (χ3n) is 4.46. The summed E-state index contributed by atoms with van der Waals surface area (Å²) in [4.78, 5) is 25.8. The molecule has 3 rings (SSSR count). The Morgan fingerprint density at radius 1 is 0.964 bits per heavy atom. The van der Waals surface area contributed by atoms with Gasteiger partial charge in [0.2, 0.25) is 0 Å². The van der Waals surface area contributed by atoms with Crippen LogP contribution in [0.3, 0.4) is 0 Å². The highest BCUT2D eigenvalue weighted by atomic mass is 16.5. The smallest absolute Gasteiger partial charge is 0.337 e. The summed E-state index contributed by atoms with van der Waals surface area (Å²) in [6.45, 7) is 7.55. The third kappa shape index (κ3) is 3.78. The number of nitrogens with one attached hydrogen (secondary N) is 1. The summed E-state index contributed by atoms with van der Waals surface area (Å²) in [5.41, 5.74) is 5.54. The molecule has 2 aromatic carbocycles. The van der Waals surface area contributed by atoms with Gasteiger partial charge < -0.3 is 10.1 Å². The number of ether oxygens (including phenoxy) is 1. The molecule has 1 N–H and O–H groups in total.